The number of halogens is 2. The molecule has 0 amide bonds. The summed E-state index contributed by atoms with van der Waals surface area (Å²) in [7, 11) is 0. The number of aryl methyl sites for hydroxylation is 1. The second kappa shape index (κ2) is 6.77. The Morgan fingerprint density at radius 3 is 2.92 bits per heavy atom. The molecule has 1 N–H and O–H groups in total. The number of aromatic nitrogens is 2. The fraction of sp³-hybridized carbons (Fsp3) is 0.176. The van der Waals surface area contributed by atoms with E-state index < -0.39 is 5.82 Å². The quantitative estimate of drug-likeness (QED) is 0.720. The van der Waals surface area contributed by atoms with Gasteiger partial charge >= 0.3 is 5.69 Å². The molecule has 0 saturated carbocycles. The smallest absolute Gasteiger partial charge is 0.326 e. The summed E-state index contributed by atoms with van der Waals surface area (Å²) in [5.41, 5.74) is 1.45. The second-order valence-electron chi connectivity index (χ2n) is 5.18. The Bertz CT molecular complexity index is 988. The zero-order valence-electron chi connectivity index (χ0n) is 12.6. The maximum Gasteiger partial charge on any atom is 0.326 e. The lowest BCUT2D eigenvalue weighted by Gasteiger charge is -2.10. The number of nitrogens with zero attached hydrogens (tertiary/aromatic N) is 2. The summed E-state index contributed by atoms with van der Waals surface area (Å²) in [6.07, 6.45) is 0.528. The number of benzene rings is 2. The van der Waals surface area contributed by atoms with Crippen LogP contribution in [-0.4, -0.2) is 16.2 Å². The van der Waals surface area contributed by atoms with Crippen molar-refractivity contribution in [1.82, 2.24) is 9.55 Å². The number of imidazole rings is 1. The summed E-state index contributed by atoms with van der Waals surface area (Å²) >= 11 is 5.92. The molecule has 0 atom stereocenters. The summed E-state index contributed by atoms with van der Waals surface area (Å²) in [6.45, 7) is 0.690. The van der Waals surface area contributed by atoms with E-state index in [4.69, 9.17) is 21.6 Å². The number of ether oxygens (including phenoxy) is 1. The fourth-order valence-electron chi connectivity index (χ4n) is 2.52. The van der Waals surface area contributed by atoms with Crippen molar-refractivity contribution in [1.29, 1.82) is 5.26 Å². The molecule has 0 saturated heterocycles. The molecule has 7 heteroatoms. The van der Waals surface area contributed by atoms with Crippen molar-refractivity contribution in [3.63, 3.8) is 0 Å². The van der Waals surface area contributed by atoms with E-state index in [-0.39, 0.29) is 28.6 Å². The first kappa shape index (κ1) is 16.1. The highest BCUT2D eigenvalue weighted by Crippen LogP contribution is 2.29. The zero-order valence-corrected chi connectivity index (χ0v) is 13.3. The van der Waals surface area contributed by atoms with E-state index in [1.165, 1.54) is 0 Å². The standard InChI is InChI=1S/C17H13ClFN3O2/c18-13-9-12(19)8-11(10-20)16(13)24-7-3-6-22-15-5-2-1-4-14(15)21-17(22)23/h1-2,4-5,8-9H,3,6-7H2,(H,21,23). The van der Waals surface area contributed by atoms with Crippen molar-refractivity contribution in [3.8, 4) is 11.8 Å². The van der Waals surface area contributed by atoms with Crippen LogP contribution in [0.4, 0.5) is 4.39 Å². The third-order valence-corrected chi connectivity index (χ3v) is 3.86. The number of hydrogen-bond acceptors (Lipinski definition) is 3. The van der Waals surface area contributed by atoms with Gasteiger partial charge in [-0.25, -0.2) is 9.18 Å². The van der Waals surface area contributed by atoms with Gasteiger partial charge in [-0.3, -0.25) is 4.57 Å². The topological polar surface area (TPSA) is 70.8 Å². The lowest BCUT2D eigenvalue weighted by atomic mass is 10.2. The number of hydrogen-bond donors (Lipinski definition) is 1. The van der Waals surface area contributed by atoms with E-state index in [0.29, 0.717) is 13.0 Å². The van der Waals surface area contributed by atoms with Gasteiger partial charge in [-0.1, -0.05) is 23.7 Å². The van der Waals surface area contributed by atoms with Crippen LogP contribution in [0.1, 0.15) is 12.0 Å². The number of nitriles is 1. The molecule has 0 aliphatic rings. The molecule has 3 aromatic rings. The predicted molar refractivity (Wildman–Crippen MR) is 88.8 cm³/mol. The molecule has 24 heavy (non-hydrogen) atoms. The van der Waals surface area contributed by atoms with Gasteiger partial charge in [0.15, 0.2) is 5.75 Å². The van der Waals surface area contributed by atoms with E-state index in [9.17, 15) is 9.18 Å². The molecule has 0 bridgehead atoms. The molecular formula is C17H13ClFN3O2. The fourth-order valence-corrected chi connectivity index (χ4v) is 2.78. The lowest BCUT2D eigenvalue weighted by molar-refractivity contribution is 0.301. The minimum atomic E-state index is -0.589. The van der Waals surface area contributed by atoms with Gasteiger partial charge in [0.2, 0.25) is 0 Å². The van der Waals surface area contributed by atoms with Gasteiger partial charge in [0.25, 0.3) is 0 Å². The molecule has 1 heterocycles. The summed E-state index contributed by atoms with van der Waals surface area (Å²) < 4.78 is 20.4. The van der Waals surface area contributed by atoms with Crippen LogP contribution in [0.15, 0.2) is 41.2 Å². The van der Waals surface area contributed by atoms with E-state index in [0.717, 1.165) is 23.2 Å². The molecule has 2 aromatic carbocycles. The number of fused-ring (bicyclic) bond motifs is 1. The van der Waals surface area contributed by atoms with E-state index in [1.807, 2.05) is 30.3 Å². The predicted octanol–water partition coefficient (Wildman–Crippen LogP) is 3.46. The summed E-state index contributed by atoms with van der Waals surface area (Å²) in [4.78, 5) is 14.7. The van der Waals surface area contributed by atoms with Crippen LogP contribution in [0.25, 0.3) is 11.0 Å². The lowest BCUT2D eigenvalue weighted by Crippen LogP contribution is -2.18. The number of aromatic amines is 1. The Morgan fingerprint density at radius 2 is 2.12 bits per heavy atom. The molecule has 0 spiro atoms. The number of H-pyrrole nitrogens is 1. The first-order chi connectivity index (χ1) is 11.6. The van der Waals surface area contributed by atoms with Gasteiger partial charge in [-0.15, -0.1) is 0 Å². The minimum Gasteiger partial charge on any atom is -0.491 e. The first-order valence-electron chi connectivity index (χ1n) is 7.29. The van der Waals surface area contributed by atoms with Crippen molar-refractivity contribution in [2.75, 3.05) is 6.61 Å². The highest BCUT2D eigenvalue weighted by atomic mass is 35.5. The number of para-hydroxylation sites is 2. The number of nitrogens with one attached hydrogen (secondary N) is 1. The third-order valence-electron chi connectivity index (χ3n) is 3.58. The van der Waals surface area contributed by atoms with Gasteiger partial charge in [-0.05, 0) is 30.7 Å². The van der Waals surface area contributed by atoms with E-state index >= 15 is 0 Å². The number of rotatable bonds is 5. The second-order valence-corrected chi connectivity index (χ2v) is 5.58. The van der Waals surface area contributed by atoms with E-state index in [2.05, 4.69) is 4.98 Å². The maximum absolute atomic E-state index is 13.2. The third kappa shape index (κ3) is 3.12. The minimum absolute atomic E-state index is 0.0456. The largest absolute Gasteiger partial charge is 0.491 e. The highest BCUT2D eigenvalue weighted by molar-refractivity contribution is 6.32. The normalized spacial score (nSPS) is 10.7. The SMILES string of the molecule is N#Cc1cc(F)cc(Cl)c1OCCCn1c(=O)[nH]c2ccccc21. The van der Waals surface area contributed by atoms with Crippen LogP contribution in [0.2, 0.25) is 5.02 Å². The summed E-state index contributed by atoms with van der Waals surface area (Å²) in [5, 5.41) is 9.08. The Balaban J connectivity index is 1.69. The van der Waals surface area contributed by atoms with E-state index in [1.54, 1.807) is 4.57 Å². The molecule has 0 fully saturated rings. The Morgan fingerprint density at radius 1 is 1.33 bits per heavy atom. The molecule has 0 aliphatic heterocycles. The summed E-state index contributed by atoms with van der Waals surface area (Å²) in [6, 6.07) is 11.4. The van der Waals surface area contributed by atoms with Crippen molar-refractivity contribution in [2.24, 2.45) is 0 Å². The average Bonchev–Trinajstić information content (AvgIpc) is 2.88. The monoisotopic (exact) mass is 345 g/mol. The van der Waals surface area contributed by atoms with Crippen LogP contribution >= 0.6 is 11.6 Å². The molecule has 3 rings (SSSR count). The molecule has 0 unspecified atom stereocenters. The molecular weight excluding hydrogens is 333 g/mol. The van der Waals surface area contributed by atoms with Crippen LogP contribution in [-0.2, 0) is 6.54 Å². The van der Waals surface area contributed by atoms with Crippen molar-refractivity contribution in [2.45, 2.75) is 13.0 Å². The molecule has 5 nitrogen and oxygen atoms in total. The van der Waals surface area contributed by atoms with Crippen molar-refractivity contribution < 1.29 is 9.13 Å². The zero-order chi connectivity index (χ0) is 17.1. The van der Waals surface area contributed by atoms with Gasteiger partial charge in [0.05, 0.1) is 28.2 Å². The van der Waals surface area contributed by atoms with Crippen molar-refractivity contribution >= 4 is 22.6 Å². The van der Waals surface area contributed by atoms with Crippen LogP contribution in [0, 0.1) is 17.1 Å². The molecule has 1 aromatic heterocycles. The van der Waals surface area contributed by atoms with Gasteiger partial charge < -0.3 is 9.72 Å². The molecule has 0 radical (unpaired) electrons. The van der Waals surface area contributed by atoms with Crippen molar-refractivity contribution in [3.05, 3.63) is 63.3 Å². The first-order valence-corrected chi connectivity index (χ1v) is 7.67. The Hall–Kier alpha value is -2.78. The van der Waals surface area contributed by atoms with Gasteiger partial charge in [0, 0.05) is 6.54 Å². The highest BCUT2D eigenvalue weighted by Gasteiger charge is 2.11. The van der Waals surface area contributed by atoms with Crippen LogP contribution < -0.4 is 10.4 Å². The Labute approximate surface area is 141 Å². The summed E-state index contributed by atoms with van der Waals surface area (Å²) in [5.74, 6) is -0.430. The average molecular weight is 346 g/mol. The Kier molecular flexibility index (Phi) is 4.54. The van der Waals surface area contributed by atoms with Gasteiger partial charge in [-0.2, -0.15) is 5.26 Å². The molecule has 122 valence electrons. The van der Waals surface area contributed by atoms with Gasteiger partial charge in [0.1, 0.15) is 11.9 Å². The maximum atomic E-state index is 13.2. The van der Waals surface area contributed by atoms with Crippen LogP contribution in [0.5, 0.6) is 5.75 Å². The van der Waals surface area contributed by atoms with Crippen LogP contribution in [0.3, 0.4) is 0 Å². The molecule has 0 aliphatic carbocycles.